The molecule has 3 unspecified atom stereocenters. The Kier molecular flexibility index (Phi) is 7.52. The van der Waals surface area contributed by atoms with Crippen LogP contribution in [-0.2, 0) is 20.8 Å². The van der Waals surface area contributed by atoms with Crippen molar-refractivity contribution in [3.05, 3.63) is 87.6 Å². The molecule has 5 rings (SSSR count). The molecule has 3 aromatic rings. The Morgan fingerprint density at radius 2 is 1.95 bits per heavy atom. The minimum Gasteiger partial charge on any atom is -0.438 e. The number of cyclic esters (lactones) is 1. The fraction of sp³-hybridized carbons (Fsp3) is 0.321. The van der Waals surface area contributed by atoms with Crippen LogP contribution in [0.25, 0.3) is 0 Å². The van der Waals surface area contributed by atoms with E-state index < -0.39 is 18.2 Å². The summed E-state index contributed by atoms with van der Waals surface area (Å²) < 4.78 is 11.4. The molecule has 8 nitrogen and oxygen atoms in total. The molecular weight excluding hydrogens is 490 g/mol. The van der Waals surface area contributed by atoms with Gasteiger partial charge in [0.25, 0.3) is 5.91 Å². The molecular formula is C28H29N3O5S. The molecule has 2 aliphatic rings. The first-order valence-corrected chi connectivity index (χ1v) is 13.2. The number of ether oxygens (including phenoxy) is 2. The van der Waals surface area contributed by atoms with Crippen molar-refractivity contribution in [2.75, 3.05) is 18.5 Å². The number of hydrogen-bond acceptors (Lipinski definition) is 6. The number of hydrogen-bond donors (Lipinski definition) is 2. The maximum atomic E-state index is 13.4. The van der Waals surface area contributed by atoms with Crippen molar-refractivity contribution in [3.8, 4) is 0 Å². The van der Waals surface area contributed by atoms with Gasteiger partial charge in [-0.05, 0) is 54.5 Å². The standard InChI is InChI=1S/C28H29N3O5S/c1-18-5-2-6-19(15-18)17-31-24(27(33)29-16-22-7-3-13-35-22)25(36-28(31)34)20-9-11-21(12-10-20)30-26(32)23-8-4-14-37-23/h2,4-6,8-12,14-15,22,24-25H,3,7,13,16-17H2,1H3,(H,29,33)(H,30,32). The van der Waals surface area contributed by atoms with Gasteiger partial charge in [-0.15, -0.1) is 11.3 Å². The molecule has 2 fully saturated rings. The van der Waals surface area contributed by atoms with E-state index in [9.17, 15) is 14.4 Å². The molecule has 3 atom stereocenters. The van der Waals surface area contributed by atoms with Crippen LogP contribution in [0.5, 0.6) is 0 Å². The highest BCUT2D eigenvalue weighted by atomic mass is 32.1. The molecule has 37 heavy (non-hydrogen) atoms. The highest BCUT2D eigenvalue weighted by molar-refractivity contribution is 7.12. The highest BCUT2D eigenvalue weighted by Crippen LogP contribution is 2.35. The van der Waals surface area contributed by atoms with E-state index in [0.29, 0.717) is 29.3 Å². The normalized spacial score (nSPS) is 21.1. The Bertz CT molecular complexity index is 1260. The first-order chi connectivity index (χ1) is 18.0. The summed E-state index contributed by atoms with van der Waals surface area (Å²) in [5, 5.41) is 7.68. The Morgan fingerprint density at radius 1 is 1.11 bits per heavy atom. The Labute approximate surface area is 219 Å². The van der Waals surface area contributed by atoms with Crippen LogP contribution >= 0.6 is 11.3 Å². The van der Waals surface area contributed by atoms with Crippen LogP contribution < -0.4 is 10.6 Å². The monoisotopic (exact) mass is 519 g/mol. The number of rotatable bonds is 8. The van der Waals surface area contributed by atoms with E-state index in [-0.39, 0.29) is 24.5 Å². The van der Waals surface area contributed by atoms with Gasteiger partial charge in [0.15, 0.2) is 12.1 Å². The molecule has 3 heterocycles. The number of aryl methyl sites for hydroxylation is 1. The Morgan fingerprint density at radius 3 is 2.65 bits per heavy atom. The smallest absolute Gasteiger partial charge is 0.411 e. The molecule has 2 aromatic carbocycles. The summed E-state index contributed by atoms with van der Waals surface area (Å²) in [6.07, 6.45) is 0.526. The first kappa shape index (κ1) is 25.0. The summed E-state index contributed by atoms with van der Waals surface area (Å²) in [6.45, 7) is 3.33. The van der Waals surface area contributed by atoms with Crippen molar-refractivity contribution in [2.24, 2.45) is 0 Å². The van der Waals surface area contributed by atoms with Crippen LogP contribution in [0.15, 0.2) is 66.0 Å². The van der Waals surface area contributed by atoms with E-state index in [1.165, 1.54) is 16.2 Å². The van der Waals surface area contributed by atoms with Gasteiger partial charge in [0.05, 0.1) is 17.5 Å². The zero-order valence-corrected chi connectivity index (χ0v) is 21.3. The number of carbonyl (C=O) groups excluding carboxylic acids is 3. The van der Waals surface area contributed by atoms with E-state index in [4.69, 9.17) is 9.47 Å². The van der Waals surface area contributed by atoms with Crippen LogP contribution in [0.1, 0.15) is 45.3 Å². The topological polar surface area (TPSA) is 97.0 Å². The van der Waals surface area contributed by atoms with Gasteiger partial charge in [0.1, 0.15) is 0 Å². The molecule has 9 heteroatoms. The van der Waals surface area contributed by atoms with E-state index >= 15 is 0 Å². The van der Waals surface area contributed by atoms with Crippen molar-refractivity contribution in [3.63, 3.8) is 0 Å². The third kappa shape index (κ3) is 5.84. The number of benzene rings is 2. The molecule has 2 saturated heterocycles. The van der Waals surface area contributed by atoms with Gasteiger partial charge in [-0.3, -0.25) is 14.5 Å². The van der Waals surface area contributed by atoms with Crippen molar-refractivity contribution < 1.29 is 23.9 Å². The number of carbonyl (C=O) groups is 3. The molecule has 2 N–H and O–H groups in total. The predicted molar refractivity (Wildman–Crippen MR) is 140 cm³/mol. The maximum absolute atomic E-state index is 13.4. The number of amides is 3. The minimum absolute atomic E-state index is 0.0168. The van der Waals surface area contributed by atoms with Crippen molar-refractivity contribution in [2.45, 2.75) is 44.6 Å². The quantitative estimate of drug-likeness (QED) is 0.451. The molecule has 2 aliphatic heterocycles. The summed E-state index contributed by atoms with van der Waals surface area (Å²) in [5.41, 5.74) is 3.27. The average Bonchev–Trinajstić information content (AvgIpc) is 3.66. The third-order valence-electron chi connectivity index (χ3n) is 6.56. The molecule has 3 amide bonds. The highest BCUT2D eigenvalue weighted by Gasteiger charge is 2.47. The van der Waals surface area contributed by atoms with E-state index in [2.05, 4.69) is 10.6 Å². The lowest BCUT2D eigenvalue weighted by molar-refractivity contribution is -0.126. The summed E-state index contributed by atoms with van der Waals surface area (Å²) >= 11 is 1.36. The van der Waals surface area contributed by atoms with Crippen molar-refractivity contribution in [1.82, 2.24) is 10.2 Å². The van der Waals surface area contributed by atoms with Gasteiger partial charge in [-0.25, -0.2) is 4.79 Å². The van der Waals surface area contributed by atoms with Gasteiger partial charge in [-0.1, -0.05) is 48.0 Å². The lowest BCUT2D eigenvalue weighted by Crippen LogP contribution is -2.47. The lowest BCUT2D eigenvalue weighted by Gasteiger charge is -2.25. The summed E-state index contributed by atoms with van der Waals surface area (Å²) in [7, 11) is 0. The van der Waals surface area contributed by atoms with Gasteiger partial charge >= 0.3 is 6.09 Å². The second kappa shape index (κ2) is 11.1. The predicted octanol–water partition coefficient (Wildman–Crippen LogP) is 4.67. The second-order valence-corrected chi connectivity index (χ2v) is 10.2. The van der Waals surface area contributed by atoms with E-state index in [1.54, 1.807) is 30.3 Å². The minimum atomic E-state index is -0.846. The third-order valence-corrected chi connectivity index (χ3v) is 7.43. The molecule has 0 saturated carbocycles. The SMILES string of the molecule is Cc1cccc(CN2C(=O)OC(c3ccc(NC(=O)c4cccs4)cc3)C2C(=O)NCC2CCCO2)c1. The zero-order valence-electron chi connectivity index (χ0n) is 20.5. The van der Waals surface area contributed by atoms with Crippen LogP contribution in [0.3, 0.4) is 0 Å². The molecule has 0 spiro atoms. The summed E-state index contributed by atoms with van der Waals surface area (Å²) in [4.78, 5) is 40.9. The van der Waals surface area contributed by atoms with Crippen LogP contribution in [0.2, 0.25) is 0 Å². The number of thiophene rings is 1. The molecule has 0 bridgehead atoms. The first-order valence-electron chi connectivity index (χ1n) is 12.3. The van der Waals surface area contributed by atoms with Crippen LogP contribution in [-0.4, -0.2) is 48.1 Å². The van der Waals surface area contributed by atoms with Crippen molar-refractivity contribution in [1.29, 1.82) is 0 Å². The zero-order chi connectivity index (χ0) is 25.8. The summed E-state index contributed by atoms with van der Waals surface area (Å²) in [5.74, 6) is -0.472. The largest absolute Gasteiger partial charge is 0.438 e. The van der Waals surface area contributed by atoms with Crippen LogP contribution in [0, 0.1) is 6.92 Å². The number of nitrogens with zero attached hydrogens (tertiary/aromatic N) is 1. The maximum Gasteiger partial charge on any atom is 0.411 e. The van der Waals surface area contributed by atoms with Gasteiger partial charge in [0.2, 0.25) is 5.91 Å². The van der Waals surface area contributed by atoms with E-state index in [0.717, 1.165) is 24.0 Å². The summed E-state index contributed by atoms with van der Waals surface area (Å²) in [6, 6.07) is 17.6. The molecule has 1 aromatic heterocycles. The average molecular weight is 520 g/mol. The lowest BCUT2D eigenvalue weighted by atomic mass is 10.00. The van der Waals surface area contributed by atoms with Gasteiger partial charge in [-0.2, -0.15) is 0 Å². The number of nitrogens with one attached hydrogen (secondary N) is 2. The Balaban J connectivity index is 1.35. The van der Waals surface area contributed by atoms with E-state index in [1.807, 2.05) is 42.6 Å². The van der Waals surface area contributed by atoms with Crippen molar-refractivity contribution >= 4 is 34.9 Å². The van der Waals surface area contributed by atoms with Gasteiger partial charge in [0, 0.05) is 18.8 Å². The Hall–Kier alpha value is -3.69. The fourth-order valence-corrected chi connectivity index (χ4v) is 5.32. The second-order valence-electron chi connectivity index (χ2n) is 9.30. The fourth-order valence-electron chi connectivity index (χ4n) is 4.70. The van der Waals surface area contributed by atoms with Crippen LogP contribution in [0.4, 0.5) is 10.5 Å². The number of anilines is 1. The molecule has 192 valence electrons. The molecule has 0 radical (unpaired) electrons. The van der Waals surface area contributed by atoms with Gasteiger partial charge < -0.3 is 20.1 Å². The molecule has 0 aliphatic carbocycles.